The zero-order chi connectivity index (χ0) is 32.6. The third-order valence-corrected chi connectivity index (χ3v) is 11.5. The number of benzene rings is 1. The predicted molar refractivity (Wildman–Crippen MR) is 173 cm³/mol. The Morgan fingerprint density at radius 2 is 1.63 bits per heavy atom. The van der Waals surface area contributed by atoms with Crippen LogP contribution in [-0.4, -0.2) is 70.8 Å². The maximum absolute atomic E-state index is 14.1. The highest BCUT2D eigenvalue weighted by Crippen LogP contribution is 2.58. The van der Waals surface area contributed by atoms with E-state index in [4.69, 9.17) is 4.74 Å². The normalized spacial score (nSPS) is 24.1. The van der Waals surface area contributed by atoms with Gasteiger partial charge in [0.2, 0.25) is 11.8 Å². The molecule has 0 spiro atoms. The summed E-state index contributed by atoms with van der Waals surface area (Å²) in [6.07, 6.45) is 10.4. The van der Waals surface area contributed by atoms with Gasteiger partial charge in [-0.25, -0.2) is 4.79 Å². The van der Waals surface area contributed by atoms with Crippen molar-refractivity contribution in [1.82, 2.24) is 25.3 Å². The second kappa shape index (κ2) is 12.7. The molecule has 3 unspecified atom stereocenters. The van der Waals surface area contributed by atoms with Crippen LogP contribution >= 0.6 is 0 Å². The van der Waals surface area contributed by atoms with E-state index in [1.165, 1.54) is 18.2 Å². The summed E-state index contributed by atoms with van der Waals surface area (Å²) >= 11 is 0. The number of carbonyl (C=O) groups is 4. The lowest BCUT2D eigenvalue weighted by Crippen LogP contribution is -2.54. The molecule has 6 rings (SSSR count). The van der Waals surface area contributed by atoms with Crippen LogP contribution in [0, 0.1) is 23.2 Å². The van der Waals surface area contributed by atoms with Gasteiger partial charge in [-0.2, -0.15) is 5.10 Å². The van der Waals surface area contributed by atoms with E-state index < -0.39 is 17.6 Å². The smallest absolute Gasteiger partial charge is 0.409 e. The Bertz CT molecular complexity index is 1460. The van der Waals surface area contributed by atoms with Crippen LogP contribution in [0.15, 0.2) is 36.5 Å². The molecule has 1 aromatic carbocycles. The number of nitrogens with one attached hydrogen (secondary N) is 3. The molecule has 4 amide bonds. The Morgan fingerprint density at radius 3 is 2.17 bits per heavy atom. The summed E-state index contributed by atoms with van der Waals surface area (Å²) in [5.74, 6) is 0.250. The van der Waals surface area contributed by atoms with Crippen molar-refractivity contribution in [2.24, 2.45) is 30.2 Å². The molecule has 4 atom stereocenters. The zero-order valence-electron chi connectivity index (χ0n) is 27.5. The molecule has 11 heteroatoms. The Balaban J connectivity index is 1.23. The van der Waals surface area contributed by atoms with E-state index >= 15 is 0 Å². The largest absolute Gasteiger partial charge is 0.453 e. The summed E-state index contributed by atoms with van der Waals surface area (Å²) < 4.78 is 6.50. The summed E-state index contributed by atoms with van der Waals surface area (Å²) in [6.45, 7) is 4.93. The highest BCUT2D eigenvalue weighted by atomic mass is 16.5. The Kier molecular flexibility index (Phi) is 8.87. The first-order valence-corrected chi connectivity index (χ1v) is 16.9. The topological polar surface area (TPSA) is 135 Å². The van der Waals surface area contributed by atoms with E-state index in [1.807, 2.05) is 24.3 Å². The van der Waals surface area contributed by atoms with Crippen LogP contribution in [0.1, 0.15) is 87.7 Å². The summed E-state index contributed by atoms with van der Waals surface area (Å²) in [6, 6.07) is 8.39. The summed E-state index contributed by atoms with van der Waals surface area (Å²) in [4.78, 5) is 55.4. The molecule has 11 nitrogen and oxygen atoms in total. The minimum atomic E-state index is -0.926. The monoisotopic (exact) mass is 632 g/mol. The second-order valence-electron chi connectivity index (χ2n) is 14.4. The average Bonchev–Trinajstić information content (AvgIpc) is 3.35. The van der Waals surface area contributed by atoms with E-state index in [0.29, 0.717) is 36.2 Å². The van der Waals surface area contributed by atoms with Crippen LogP contribution in [-0.2, 0) is 26.8 Å². The van der Waals surface area contributed by atoms with Crippen LogP contribution in [0.4, 0.5) is 10.5 Å². The van der Waals surface area contributed by atoms with Gasteiger partial charge in [0.1, 0.15) is 11.7 Å². The minimum absolute atomic E-state index is 0.0149. The number of nitrogens with zero attached hydrogens (tertiary/aromatic N) is 3. The van der Waals surface area contributed by atoms with E-state index in [1.54, 1.807) is 24.2 Å². The first-order chi connectivity index (χ1) is 22.0. The van der Waals surface area contributed by atoms with Gasteiger partial charge in [0.15, 0.2) is 0 Å². The van der Waals surface area contributed by atoms with Gasteiger partial charge >= 0.3 is 6.09 Å². The predicted octanol–water partition coefficient (Wildman–Crippen LogP) is 4.39. The van der Waals surface area contributed by atoms with Gasteiger partial charge in [-0.3, -0.25) is 19.1 Å². The second-order valence-corrected chi connectivity index (χ2v) is 14.4. The molecule has 2 aromatic rings. The van der Waals surface area contributed by atoms with E-state index in [2.05, 4.69) is 34.9 Å². The Hall–Kier alpha value is -3.89. The van der Waals surface area contributed by atoms with Gasteiger partial charge in [-0.15, -0.1) is 0 Å². The number of likely N-dealkylation sites (tertiary alicyclic amines) is 1. The SMILES string of the molecule is COC(=O)N1CCC(C(=O)NC(C)C2CCC2)(c2ccc(NC(=O)[C@@H](NC(=O)c3ccnn3C)C(C3CCC3)C3(C)CC3)cc2)C1. The lowest BCUT2D eigenvalue weighted by atomic mass is 9.66. The Morgan fingerprint density at radius 1 is 0.957 bits per heavy atom. The quantitative estimate of drug-likeness (QED) is 0.337. The minimum Gasteiger partial charge on any atom is -0.453 e. The van der Waals surface area contributed by atoms with Gasteiger partial charge < -0.3 is 25.6 Å². The van der Waals surface area contributed by atoms with Gasteiger partial charge in [0.25, 0.3) is 5.91 Å². The van der Waals surface area contributed by atoms with Crippen LogP contribution in [0.3, 0.4) is 0 Å². The number of aromatic nitrogens is 2. The van der Waals surface area contributed by atoms with E-state index in [9.17, 15) is 19.2 Å². The molecule has 3 aliphatic carbocycles. The van der Waals surface area contributed by atoms with Crippen LogP contribution in [0.2, 0.25) is 0 Å². The van der Waals surface area contributed by atoms with Crippen molar-refractivity contribution in [3.63, 3.8) is 0 Å². The van der Waals surface area contributed by atoms with Crippen molar-refractivity contribution in [2.75, 3.05) is 25.5 Å². The molecule has 0 bridgehead atoms. The highest BCUT2D eigenvalue weighted by molar-refractivity contribution is 6.01. The number of carbonyl (C=O) groups excluding carboxylic acids is 4. The summed E-state index contributed by atoms with van der Waals surface area (Å²) in [5, 5.41) is 13.6. The molecule has 46 heavy (non-hydrogen) atoms. The van der Waals surface area contributed by atoms with Crippen molar-refractivity contribution < 1.29 is 23.9 Å². The van der Waals surface area contributed by atoms with Crippen molar-refractivity contribution in [3.05, 3.63) is 47.8 Å². The van der Waals surface area contributed by atoms with Gasteiger partial charge in [0, 0.05) is 38.1 Å². The number of ether oxygens (including phenoxy) is 1. The fourth-order valence-corrected chi connectivity index (χ4v) is 7.85. The fourth-order valence-electron chi connectivity index (χ4n) is 7.85. The number of amides is 4. The number of anilines is 1. The summed E-state index contributed by atoms with van der Waals surface area (Å²) in [5.41, 5.74) is 0.867. The van der Waals surface area contributed by atoms with Crippen molar-refractivity contribution in [1.29, 1.82) is 0 Å². The molecule has 0 radical (unpaired) electrons. The van der Waals surface area contributed by atoms with Crippen molar-refractivity contribution in [2.45, 2.75) is 89.1 Å². The molecule has 1 aliphatic heterocycles. The molecule has 1 saturated heterocycles. The first kappa shape index (κ1) is 32.1. The molecule has 1 aromatic heterocycles. The number of hydrogen-bond donors (Lipinski definition) is 3. The summed E-state index contributed by atoms with van der Waals surface area (Å²) in [7, 11) is 3.07. The average molecular weight is 633 g/mol. The molecule has 2 heterocycles. The highest BCUT2D eigenvalue weighted by Gasteiger charge is 2.54. The number of methoxy groups -OCH3 is 1. The van der Waals surface area contributed by atoms with Gasteiger partial charge in [-0.05, 0) is 86.0 Å². The lowest BCUT2D eigenvalue weighted by molar-refractivity contribution is -0.127. The van der Waals surface area contributed by atoms with Crippen molar-refractivity contribution >= 4 is 29.5 Å². The molecule has 4 aliphatic rings. The van der Waals surface area contributed by atoms with Crippen LogP contribution < -0.4 is 16.0 Å². The van der Waals surface area contributed by atoms with E-state index in [-0.39, 0.29) is 41.6 Å². The maximum atomic E-state index is 14.1. The maximum Gasteiger partial charge on any atom is 0.409 e. The van der Waals surface area contributed by atoms with E-state index in [0.717, 1.165) is 50.5 Å². The first-order valence-electron chi connectivity index (χ1n) is 16.9. The number of hydrogen-bond acceptors (Lipinski definition) is 6. The Labute approximate surface area is 271 Å². The van der Waals surface area contributed by atoms with Crippen LogP contribution in [0.25, 0.3) is 0 Å². The molecule has 4 fully saturated rings. The third kappa shape index (κ3) is 6.12. The third-order valence-electron chi connectivity index (χ3n) is 11.5. The number of rotatable bonds is 11. The molecule has 3 saturated carbocycles. The van der Waals surface area contributed by atoms with Gasteiger partial charge in [-0.1, -0.05) is 44.7 Å². The molecular formula is C35H48N6O5. The fraction of sp³-hybridized carbons (Fsp3) is 0.629. The zero-order valence-corrected chi connectivity index (χ0v) is 27.5. The van der Waals surface area contributed by atoms with Crippen LogP contribution in [0.5, 0.6) is 0 Å². The number of aryl methyl sites for hydroxylation is 1. The van der Waals surface area contributed by atoms with Gasteiger partial charge in [0.05, 0.1) is 12.5 Å². The lowest BCUT2D eigenvalue weighted by Gasteiger charge is -2.42. The molecular weight excluding hydrogens is 584 g/mol. The molecule has 248 valence electrons. The molecule has 3 N–H and O–H groups in total. The standard InChI is InChI=1S/C35H48N6O5/c1-22(23-7-5-8-23)37-32(44)35(18-20-41(21-35)33(45)46-4)25-11-13-26(14-12-25)38-31(43)29(39-30(42)27-15-19-36-40(27)3)28(24-9-6-10-24)34(2)16-17-34/h11-15,19,22-24,28-29H,5-10,16-18,20-21H2,1-4H3,(H,37,44)(H,38,43)(H,39,42)/t22?,28?,29-,35?/m0/s1. The van der Waals surface area contributed by atoms with Crippen molar-refractivity contribution in [3.8, 4) is 0 Å².